The molecule has 1 aromatic carbocycles. The predicted octanol–water partition coefficient (Wildman–Crippen LogP) is 5.21. The molecule has 2 rings (SSSR count). The lowest BCUT2D eigenvalue weighted by atomic mass is 10.1. The normalized spacial score (nSPS) is 12.5. The highest BCUT2D eigenvalue weighted by Crippen LogP contribution is 2.28. The van der Waals surface area contributed by atoms with E-state index in [9.17, 15) is 0 Å². The minimum absolute atomic E-state index is 0.569. The molecule has 20 heavy (non-hydrogen) atoms. The summed E-state index contributed by atoms with van der Waals surface area (Å²) in [5.41, 5.74) is 0. The Morgan fingerprint density at radius 2 is 2.10 bits per heavy atom. The highest BCUT2D eigenvalue weighted by Gasteiger charge is 2.10. The Bertz CT molecular complexity index is 499. The Morgan fingerprint density at radius 1 is 1.25 bits per heavy atom. The molecule has 0 fully saturated rings. The first-order chi connectivity index (χ1) is 9.79. The van der Waals surface area contributed by atoms with E-state index in [0.717, 1.165) is 12.3 Å². The van der Waals surface area contributed by atoms with E-state index in [2.05, 4.69) is 69.9 Å². The Labute approximate surface area is 138 Å². The Kier molecular flexibility index (Phi) is 7.14. The molecule has 0 aliphatic carbocycles. The average molecular weight is 370 g/mol. The number of rotatable bonds is 8. The van der Waals surface area contributed by atoms with E-state index >= 15 is 0 Å². The first-order valence-corrected chi connectivity index (χ1v) is 9.58. The largest absolute Gasteiger partial charge is 0.313 e. The number of nitrogens with one attached hydrogen (secondary N) is 1. The lowest BCUT2D eigenvalue weighted by Crippen LogP contribution is -2.31. The third-order valence-corrected chi connectivity index (χ3v) is 6.21. The zero-order chi connectivity index (χ0) is 14.2. The Hall–Kier alpha value is -0.290. The number of thioether (sulfide) groups is 1. The van der Waals surface area contributed by atoms with E-state index in [1.165, 1.54) is 27.1 Å². The van der Waals surface area contributed by atoms with Crippen LogP contribution in [-0.2, 0) is 6.42 Å². The van der Waals surface area contributed by atoms with Crippen molar-refractivity contribution in [3.05, 3.63) is 51.1 Å². The zero-order valence-electron chi connectivity index (χ0n) is 11.6. The van der Waals surface area contributed by atoms with Crippen molar-refractivity contribution in [1.29, 1.82) is 0 Å². The summed E-state index contributed by atoms with van der Waals surface area (Å²) < 4.78 is 1.19. The van der Waals surface area contributed by atoms with Gasteiger partial charge in [0.05, 0.1) is 0 Å². The van der Waals surface area contributed by atoms with Gasteiger partial charge in [-0.05, 0) is 58.9 Å². The summed E-state index contributed by atoms with van der Waals surface area (Å²) >= 11 is 7.40. The van der Waals surface area contributed by atoms with Crippen LogP contribution in [0.5, 0.6) is 0 Å². The van der Waals surface area contributed by atoms with Crippen LogP contribution in [0.1, 0.15) is 18.2 Å². The molecule has 0 spiro atoms. The van der Waals surface area contributed by atoms with Crippen LogP contribution in [0, 0.1) is 0 Å². The number of hydrogen-bond donors (Lipinski definition) is 1. The second kappa shape index (κ2) is 8.88. The van der Waals surface area contributed by atoms with Gasteiger partial charge in [0.25, 0.3) is 0 Å². The fourth-order valence-electron chi connectivity index (χ4n) is 2.06. The summed E-state index contributed by atoms with van der Waals surface area (Å²) in [6.07, 6.45) is 2.37. The van der Waals surface area contributed by atoms with Crippen molar-refractivity contribution >= 4 is 39.0 Å². The highest BCUT2D eigenvalue weighted by atomic mass is 79.9. The van der Waals surface area contributed by atoms with Crippen LogP contribution in [0.15, 0.2) is 51.1 Å². The smallest absolute Gasteiger partial charge is 0.0311 e. The molecule has 1 unspecified atom stereocenters. The van der Waals surface area contributed by atoms with Gasteiger partial charge in [-0.2, -0.15) is 0 Å². The van der Waals surface area contributed by atoms with Crippen LogP contribution < -0.4 is 5.32 Å². The summed E-state index contributed by atoms with van der Waals surface area (Å²) in [5, 5.41) is 5.76. The van der Waals surface area contributed by atoms with Gasteiger partial charge in [-0.1, -0.05) is 25.1 Å². The summed E-state index contributed by atoms with van der Waals surface area (Å²) in [4.78, 5) is 2.81. The topological polar surface area (TPSA) is 12.0 Å². The van der Waals surface area contributed by atoms with Crippen molar-refractivity contribution in [2.24, 2.45) is 0 Å². The first-order valence-electron chi connectivity index (χ1n) is 6.92. The zero-order valence-corrected chi connectivity index (χ0v) is 14.9. The van der Waals surface area contributed by atoms with Crippen LogP contribution in [0.2, 0.25) is 0 Å². The Morgan fingerprint density at radius 3 is 2.80 bits per heavy atom. The van der Waals surface area contributed by atoms with Gasteiger partial charge in [0, 0.05) is 26.0 Å². The van der Waals surface area contributed by atoms with Gasteiger partial charge >= 0.3 is 0 Å². The number of aryl methyl sites for hydroxylation is 1. The van der Waals surface area contributed by atoms with Gasteiger partial charge in [-0.15, -0.1) is 23.1 Å². The monoisotopic (exact) mass is 369 g/mol. The maximum absolute atomic E-state index is 3.62. The van der Waals surface area contributed by atoms with Gasteiger partial charge in [0.15, 0.2) is 0 Å². The fraction of sp³-hybridized carbons (Fsp3) is 0.375. The third-order valence-electron chi connectivity index (χ3n) is 3.09. The molecule has 0 aliphatic heterocycles. The molecule has 0 saturated heterocycles. The van der Waals surface area contributed by atoms with E-state index in [0.29, 0.717) is 6.04 Å². The van der Waals surface area contributed by atoms with Crippen molar-refractivity contribution in [3.8, 4) is 0 Å². The molecule has 1 nitrogen and oxygen atoms in total. The van der Waals surface area contributed by atoms with Gasteiger partial charge in [0.2, 0.25) is 0 Å². The molecule has 1 heterocycles. The van der Waals surface area contributed by atoms with Crippen LogP contribution in [-0.4, -0.2) is 18.3 Å². The maximum Gasteiger partial charge on any atom is 0.0311 e. The molecule has 2 aromatic rings. The first kappa shape index (κ1) is 16.1. The minimum atomic E-state index is 0.569. The second-order valence-corrected chi connectivity index (χ2v) is 7.56. The quantitative estimate of drug-likeness (QED) is 0.640. The van der Waals surface area contributed by atoms with E-state index in [1.807, 2.05) is 23.1 Å². The molecule has 108 valence electrons. The second-order valence-electron chi connectivity index (χ2n) is 4.61. The fourth-order valence-corrected chi connectivity index (χ4v) is 4.46. The molecule has 1 N–H and O–H groups in total. The molecule has 0 radical (unpaired) electrons. The molecule has 0 aliphatic rings. The molecule has 1 aromatic heterocycles. The summed E-state index contributed by atoms with van der Waals surface area (Å²) in [6.45, 7) is 3.22. The summed E-state index contributed by atoms with van der Waals surface area (Å²) in [5.74, 6) is 1.11. The van der Waals surface area contributed by atoms with Crippen LogP contribution in [0.4, 0.5) is 0 Å². The van der Waals surface area contributed by atoms with Crippen LogP contribution in [0.25, 0.3) is 0 Å². The van der Waals surface area contributed by atoms with E-state index < -0.39 is 0 Å². The minimum Gasteiger partial charge on any atom is -0.313 e. The van der Waals surface area contributed by atoms with Gasteiger partial charge in [-0.3, -0.25) is 0 Å². The standard InChI is InChI=1S/C16H20BrNS2/c1-2-18-13(9-10-14-6-5-11-19-14)12-20-16-8-4-3-7-15(16)17/h3-8,11,13,18H,2,9-10,12H2,1H3. The van der Waals surface area contributed by atoms with E-state index in [1.54, 1.807) is 0 Å². The SMILES string of the molecule is CCNC(CCc1cccs1)CSc1ccccc1Br. The van der Waals surface area contributed by atoms with Crippen LogP contribution in [0.3, 0.4) is 0 Å². The lowest BCUT2D eigenvalue weighted by Gasteiger charge is -2.17. The molecule has 0 saturated carbocycles. The number of thiophene rings is 1. The number of hydrogen-bond acceptors (Lipinski definition) is 3. The molecular formula is C16H20BrNS2. The van der Waals surface area contributed by atoms with E-state index in [4.69, 9.17) is 0 Å². The van der Waals surface area contributed by atoms with Gasteiger partial charge in [0.1, 0.15) is 0 Å². The maximum atomic E-state index is 3.62. The summed E-state index contributed by atoms with van der Waals surface area (Å²) in [6, 6.07) is 13.4. The van der Waals surface area contributed by atoms with Crippen LogP contribution >= 0.6 is 39.0 Å². The van der Waals surface area contributed by atoms with Crippen molar-refractivity contribution in [2.45, 2.75) is 30.7 Å². The third kappa shape index (κ3) is 5.24. The number of benzene rings is 1. The van der Waals surface area contributed by atoms with Gasteiger partial charge in [-0.25, -0.2) is 0 Å². The summed E-state index contributed by atoms with van der Waals surface area (Å²) in [7, 11) is 0. The molecule has 4 heteroatoms. The molecular weight excluding hydrogens is 350 g/mol. The van der Waals surface area contributed by atoms with Crippen molar-refractivity contribution in [1.82, 2.24) is 5.32 Å². The van der Waals surface area contributed by atoms with Crippen molar-refractivity contribution in [2.75, 3.05) is 12.3 Å². The lowest BCUT2D eigenvalue weighted by molar-refractivity contribution is 0.539. The molecule has 0 bridgehead atoms. The van der Waals surface area contributed by atoms with Crippen molar-refractivity contribution in [3.63, 3.8) is 0 Å². The predicted molar refractivity (Wildman–Crippen MR) is 95.0 cm³/mol. The highest BCUT2D eigenvalue weighted by molar-refractivity contribution is 9.10. The molecule has 0 amide bonds. The average Bonchev–Trinajstić information content (AvgIpc) is 2.97. The number of halogens is 1. The Balaban J connectivity index is 1.84. The van der Waals surface area contributed by atoms with Crippen molar-refractivity contribution < 1.29 is 0 Å². The van der Waals surface area contributed by atoms with Gasteiger partial charge < -0.3 is 5.32 Å². The molecule has 1 atom stereocenters. The van der Waals surface area contributed by atoms with E-state index in [-0.39, 0.29) is 0 Å².